The number of nitrogens with one attached hydrogen (secondary N) is 1. The Bertz CT molecular complexity index is 1150. The first-order valence-electron chi connectivity index (χ1n) is 11.2. The van der Waals surface area contributed by atoms with Crippen LogP contribution >= 0.6 is 0 Å². The number of nitrogens with two attached hydrogens (primary N) is 1. The first-order chi connectivity index (χ1) is 15.1. The number of nitrogen functional groups attached to an aromatic ring is 1. The maximum Gasteiger partial charge on any atom is 0.0745 e. The number of hydrogen-bond acceptors (Lipinski definition) is 3. The average Bonchev–Trinajstić information content (AvgIpc) is 3.52. The molecule has 1 saturated carbocycles. The second-order valence-electron chi connectivity index (χ2n) is 8.84. The Morgan fingerprint density at radius 1 is 0.903 bits per heavy atom. The van der Waals surface area contributed by atoms with E-state index in [0.29, 0.717) is 0 Å². The number of benzene rings is 3. The van der Waals surface area contributed by atoms with Crippen molar-refractivity contribution in [3.05, 3.63) is 106 Å². The van der Waals surface area contributed by atoms with Gasteiger partial charge in [-0.15, -0.1) is 0 Å². The maximum absolute atomic E-state index is 6.43. The van der Waals surface area contributed by atoms with Crippen LogP contribution in [0.15, 0.2) is 83.5 Å². The fraction of sp³-hybridized carbons (Fsp3) is 0.250. The number of aryl methyl sites for hydroxylation is 1. The maximum atomic E-state index is 6.43. The number of allylic oxidation sites excluding steroid dienone is 1. The van der Waals surface area contributed by atoms with E-state index in [1.165, 1.54) is 46.2 Å². The fourth-order valence-corrected chi connectivity index (χ4v) is 4.45. The van der Waals surface area contributed by atoms with Crippen LogP contribution < -0.4 is 11.2 Å². The lowest BCUT2D eigenvalue weighted by molar-refractivity contribution is 0.620. The van der Waals surface area contributed by atoms with Gasteiger partial charge in [-0.1, -0.05) is 72.3 Å². The van der Waals surface area contributed by atoms with Gasteiger partial charge in [0.2, 0.25) is 0 Å². The van der Waals surface area contributed by atoms with Crippen molar-refractivity contribution in [1.29, 1.82) is 0 Å². The van der Waals surface area contributed by atoms with Crippen LogP contribution in [0.3, 0.4) is 0 Å². The van der Waals surface area contributed by atoms with E-state index in [-0.39, 0.29) is 6.04 Å². The zero-order valence-electron chi connectivity index (χ0n) is 18.2. The molecule has 0 saturated heterocycles. The summed E-state index contributed by atoms with van der Waals surface area (Å²) in [6, 6.07) is 26.1. The Labute approximate surface area is 184 Å². The quantitative estimate of drug-likeness (QED) is 0.483. The molecule has 3 heteroatoms. The van der Waals surface area contributed by atoms with Gasteiger partial charge in [0.1, 0.15) is 0 Å². The summed E-state index contributed by atoms with van der Waals surface area (Å²) < 4.78 is 0. The zero-order chi connectivity index (χ0) is 21.4. The van der Waals surface area contributed by atoms with Crippen LogP contribution in [0.25, 0.3) is 5.57 Å². The molecule has 2 aliphatic rings. The highest BCUT2D eigenvalue weighted by Gasteiger charge is 2.25. The topological polar surface area (TPSA) is 50.4 Å². The van der Waals surface area contributed by atoms with Gasteiger partial charge in [0.25, 0.3) is 0 Å². The lowest BCUT2D eigenvalue weighted by Gasteiger charge is -2.16. The number of para-hydroxylation sites is 1. The fourth-order valence-electron chi connectivity index (χ4n) is 4.45. The van der Waals surface area contributed by atoms with Gasteiger partial charge in [0.15, 0.2) is 0 Å². The van der Waals surface area contributed by atoms with E-state index < -0.39 is 0 Å². The van der Waals surface area contributed by atoms with Crippen LogP contribution in [0.2, 0.25) is 0 Å². The second-order valence-corrected chi connectivity index (χ2v) is 8.84. The minimum atomic E-state index is 0.206. The smallest absolute Gasteiger partial charge is 0.0745 e. The minimum absolute atomic E-state index is 0.206. The summed E-state index contributed by atoms with van der Waals surface area (Å²) in [5.74, 6) is 0.753. The molecular weight excluding hydrogens is 378 g/mol. The van der Waals surface area contributed by atoms with Crippen LogP contribution in [0.4, 0.5) is 5.69 Å². The highest BCUT2D eigenvalue weighted by atomic mass is 15.3. The average molecular weight is 408 g/mol. The largest absolute Gasteiger partial charge is 0.398 e. The van der Waals surface area contributed by atoms with E-state index in [1.54, 1.807) is 0 Å². The summed E-state index contributed by atoms with van der Waals surface area (Å²) in [5.41, 5.74) is 20.3. The third-order valence-corrected chi connectivity index (χ3v) is 6.52. The number of hydrogen-bond donors (Lipinski definition) is 2. The van der Waals surface area contributed by atoms with E-state index >= 15 is 0 Å². The van der Waals surface area contributed by atoms with Crippen molar-refractivity contribution in [2.24, 2.45) is 5.10 Å². The molecule has 156 valence electrons. The number of hydrazone groups is 1. The number of nitrogens with zero attached hydrogens (tertiary/aromatic N) is 1. The number of anilines is 1. The van der Waals surface area contributed by atoms with E-state index in [4.69, 9.17) is 10.8 Å². The van der Waals surface area contributed by atoms with Crippen molar-refractivity contribution in [1.82, 2.24) is 5.43 Å². The van der Waals surface area contributed by atoms with Crippen LogP contribution in [0.1, 0.15) is 66.0 Å². The van der Waals surface area contributed by atoms with Gasteiger partial charge in [-0.05, 0) is 66.5 Å². The highest BCUT2D eigenvalue weighted by Crippen LogP contribution is 2.41. The summed E-state index contributed by atoms with van der Waals surface area (Å²) in [5, 5.41) is 4.74. The molecule has 1 fully saturated rings. The van der Waals surface area contributed by atoms with Crippen LogP contribution in [0.5, 0.6) is 0 Å². The molecule has 3 nitrogen and oxygen atoms in total. The third-order valence-electron chi connectivity index (χ3n) is 6.52. The molecule has 0 radical (unpaired) electrons. The lowest BCUT2D eigenvalue weighted by Crippen LogP contribution is -2.10. The predicted molar refractivity (Wildman–Crippen MR) is 130 cm³/mol. The van der Waals surface area contributed by atoms with Crippen LogP contribution in [-0.2, 0) is 0 Å². The summed E-state index contributed by atoms with van der Waals surface area (Å²) in [7, 11) is 0. The summed E-state index contributed by atoms with van der Waals surface area (Å²) in [6.45, 7) is 4.29. The first-order valence-corrected chi connectivity index (χ1v) is 11.2. The molecule has 5 rings (SSSR count). The van der Waals surface area contributed by atoms with Gasteiger partial charge in [-0.25, -0.2) is 0 Å². The van der Waals surface area contributed by atoms with E-state index in [9.17, 15) is 0 Å². The Kier molecular flexibility index (Phi) is 5.11. The van der Waals surface area contributed by atoms with Gasteiger partial charge >= 0.3 is 0 Å². The monoisotopic (exact) mass is 407 g/mol. The Hall–Kier alpha value is -3.33. The Morgan fingerprint density at radius 2 is 1.58 bits per heavy atom. The molecule has 3 aromatic rings. The van der Waals surface area contributed by atoms with Gasteiger partial charge in [0.05, 0.1) is 11.8 Å². The molecule has 3 aromatic carbocycles. The molecule has 1 unspecified atom stereocenters. The minimum Gasteiger partial charge on any atom is -0.398 e. The van der Waals surface area contributed by atoms with Crippen molar-refractivity contribution in [3.63, 3.8) is 0 Å². The molecule has 31 heavy (non-hydrogen) atoms. The van der Waals surface area contributed by atoms with Crippen molar-refractivity contribution in [2.75, 3.05) is 5.73 Å². The molecule has 1 heterocycles. The molecule has 0 bridgehead atoms. The molecule has 1 atom stereocenters. The van der Waals surface area contributed by atoms with Crippen LogP contribution in [0, 0.1) is 6.92 Å². The molecule has 1 aliphatic heterocycles. The predicted octanol–water partition coefficient (Wildman–Crippen LogP) is 6.37. The van der Waals surface area contributed by atoms with Crippen molar-refractivity contribution < 1.29 is 0 Å². The highest BCUT2D eigenvalue weighted by molar-refractivity contribution is 6.10. The molecule has 3 N–H and O–H groups in total. The summed E-state index contributed by atoms with van der Waals surface area (Å²) in [4.78, 5) is 0. The van der Waals surface area contributed by atoms with Crippen LogP contribution in [-0.4, -0.2) is 5.71 Å². The number of rotatable bonds is 5. The van der Waals surface area contributed by atoms with Gasteiger partial charge < -0.3 is 11.2 Å². The lowest BCUT2D eigenvalue weighted by atomic mass is 9.88. The zero-order valence-corrected chi connectivity index (χ0v) is 18.2. The van der Waals surface area contributed by atoms with Crippen molar-refractivity contribution in [2.45, 2.75) is 45.1 Å². The SMILES string of the molecule is C/C(C1=NNC(c2ccc(C)cc2)C1)=C(/c1ccc(C2CC2)cc1)c1ccccc1N. The standard InChI is InChI=1S/C28H29N3/c1-18-7-9-22(10-8-18)27-17-26(30-31-27)19(2)28(24-5-3-4-6-25(24)29)23-15-13-21(14-16-23)20-11-12-20/h3-10,13-16,20,27,31H,11-12,17,29H2,1-2H3/b28-19+. The van der Waals surface area contributed by atoms with E-state index in [0.717, 1.165) is 29.3 Å². The Morgan fingerprint density at radius 3 is 2.26 bits per heavy atom. The van der Waals surface area contributed by atoms with Gasteiger partial charge in [-0.2, -0.15) is 5.10 Å². The molecule has 0 aromatic heterocycles. The normalized spacial score (nSPS) is 18.9. The summed E-state index contributed by atoms with van der Waals surface area (Å²) >= 11 is 0. The first kappa shape index (κ1) is 19.6. The summed E-state index contributed by atoms with van der Waals surface area (Å²) in [6.07, 6.45) is 3.50. The van der Waals surface area contributed by atoms with Crippen molar-refractivity contribution >= 4 is 17.0 Å². The van der Waals surface area contributed by atoms with Gasteiger partial charge in [-0.3, -0.25) is 0 Å². The van der Waals surface area contributed by atoms with Gasteiger partial charge in [0, 0.05) is 17.7 Å². The Balaban J connectivity index is 1.52. The third kappa shape index (κ3) is 4.00. The van der Waals surface area contributed by atoms with E-state index in [1.807, 2.05) is 12.1 Å². The molecular formula is C28H29N3. The van der Waals surface area contributed by atoms with Crippen molar-refractivity contribution in [3.8, 4) is 0 Å². The molecule has 1 aliphatic carbocycles. The van der Waals surface area contributed by atoms with E-state index in [2.05, 4.69) is 79.9 Å². The molecule has 0 amide bonds. The molecule has 0 spiro atoms. The second kappa shape index (κ2) is 8.07.